The lowest BCUT2D eigenvalue weighted by Crippen LogP contribution is -2.12. The molecule has 0 saturated heterocycles. The monoisotopic (exact) mass is 285 g/mol. The van der Waals surface area contributed by atoms with Crippen LogP contribution in [-0.2, 0) is 9.53 Å². The van der Waals surface area contributed by atoms with E-state index < -0.39 is 0 Å². The quantitative estimate of drug-likeness (QED) is 0.320. The van der Waals surface area contributed by atoms with Crippen molar-refractivity contribution >= 4 is 5.97 Å². The second-order valence-electron chi connectivity index (χ2n) is 5.23. The highest BCUT2D eigenvalue weighted by Gasteiger charge is 1.92. The number of carbonyl (C=O) groups excluding carboxylic acids is 1. The first-order valence-corrected chi connectivity index (χ1v) is 8.02. The van der Waals surface area contributed by atoms with E-state index in [9.17, 15) is 4.79 Å². The Morgan fingerprint density at radius 2 is 1.50 bits per heavy atom. The van der Waals surface area contributed by atoms with Crippen LogP contribution in [0.25, 0.3) is 0 Å². The summed E-state index contributed by atoms with van der Waals surface area (Å²) in [6.07, 6.45) is 12.5. The molecule has 0 unspecified atom stereocenters. The van der Waals surface area contributed by atoms with Gasteiger partial charge in [0.15, 0.2) is 0 Å². The Morgan fingerprint density at radius 3 is 1.85 bits per heavy atom. The zero-order valence-corrected chi connectivity index (χ0v) is 14.1. The fraction of sp³-hybridized carbons (Fsp3) is 0.824. The van der Waals surface area contributed by atoms with Gasteiger partial charge in [-0.25, -0.2) is 4.79 Å². The van der Waals surface area contributed by atoms with E-state index in [0.29, 0.717) is 6.61 Å². The van der Waals surface area contributed by atoms with Crippen LogP contribution < -0.4 is 0 Å². The highest BCUT2D eigenvalue weighted by molar-refractivity contribution is 5.81. The van der Waals surface area contributed by atoms with Crippen LogP contribution in [-0.4, -0.2) is 38.1 Å². The molecule has 0 N–H and O–H groups in total. The van der Waals surface area contributed by atoms with Crippen LogP contribution in [0.5, 0.6) is 0 Å². The van der Waals surface area contributed by atoms with Gasteiger partial charge in [0.1, 0.15) is 0 Å². The molecule has 0 saturated carbocycles. The van der Waals surface area contributed by atoms with Crippen molar-refractivity contribution in [3.05, 3.63) is 12.7 Å². The van der Waals surface area contributed by atoms with Crippen LogP contribution in [0.1, 0.15) is 65.2 Å². The number of esters is 1. The zero-order valence-electron chi connectivity index (χ0n) is 14.1. The Kier molecular flexibility index (Phi) is 19.5. The van der Waals surface area contributed by atoms with Gasteiger partial charge in [0.2, 0.25) is 0 Å². The van der Waals surface area contributed by atoms with Gasteiger partial charge in [-0.05, 0) is 34.0 Å². The average molecular weight is 285 g/mol. The van der Waals surface area contributed by atoms with Crippen molar-refractivity contribution in [3.8, 4) is 0 Å². The number of rotatable bonds is 11. The molecule has 3 nitrogen and oxygen atoms in total. The third-order valence-electron chi connectivity index (χ3n) is 2.91. The van der Waals surface area contributed by atoms with E-state index in [-0.39, 0.29) is 5.97 Å². The van der Waals surface area contributed by atoms with Gasteiger partial charge >= 0.3 is 5.97 Å². The predicted molar refractivity (Wildman–Crippen MR) is 88.0 cm³/mol. The van der Waals surface area contributed by atoms with Crippen molar-refractivity contribution in [1.82, 2.24) is 4.90 Å². The Hall–Kier alpha value is -0.830. The lowest BCUT2D eigenvalue weighted by atomic mass is 10.1. The summed E-state index contributed by atoms with van der Waals surface area (Å²) in [5, 5.41) is 0. The summed E-state index contributed by atoms with van der Waals surface area (Å²) in [7, 11) is 4.31. The molecular weight excluding hydrogens is 250 g/mol. The summed E-state index contributed by atoms with van der Waals surface area (Å²) >= 11 is 0. The molecule has 120 valence electrons. The van der Waals surface area contributed by atoms with Gasteiger partial charge in [-0.15, -0.1) is 0 Å². The molecule has 0 radical (unpaired) electrons. The molecule has 0 aromatic carbocycles. The summed E-state index contributed by atoms with van der Waals surface area (Å²) in [6.45, 7) is 8.91. The van der Waals surface area contributed by atoms with Gasteiger partial charge in [-0.2, -0.15) is 0 Å². The molecule has 0 fully saturated rings. The van der Waals surface area contributed by atoms with E-state index in [2.05, 4.69) is 37.2 Å². The number of hydrogen-bond acceptors (Lipinski definition) is 3. The molecule has 0 atom stereocenters. The first-order chi connectivity index (χ1) is 9.58. The Balaban J connectivity index is 0. The lowest BCUT2D eigenvalue weighted by molar-refractivity contribution is -0.137. The molecular formula is C17H35NO2. The Labute approximate surface area is 126 Å². The number of nitrogens with zero attached hydrogens (tertiary/aromatic N) is 1. The average Bonchev–Trinajstić information content (AvgIpc) is 2.42. The fourth-order valence-electron chi connectivity index (χ4n) is 1.76. The van der Waals surface area contributed by atoms with Gasteiger partial charge in [-0.3, -0.25) is 0 Å². The van der Waals surface area contributed by atoms with E-state index in [1.165, 1.54) is 57.9 Å². The summed E-state index contributed by atoms with van der Waals surface area (Å²) < 4.78 is 4.43. The molecule has 0 spiro atoms. The second-order valence-corrected chi connectivity index (χ2v) is 5.23. The fourth-order valence-corrected chi connectivity index (χ4v) is 1.76. The lowest BCUT2D eigenvalue weighted by Gasteiger charge is -2.08. The first-order valence-electron chi connectivity index (χ1n) is 8.02. The van der Waals surface area contributed by atoms with Crippen LogP contribution in [0, 0.1) is 0 Å². The summed E-state index contributed by atoms with van der Waals surface area (Å²) in [6, 6.07) is 0. The van der Waals surface area contributed by atoms with Crippen LogP contribution in [0.3, 0.4) is 0 Å². The Bertz CT molecular complexity index is 215. The molecule has 0 heterocycles. The van der Waals surface area contributed by atoms with Crippen molar-refractivity contribution in [1.29, 1.82) is 0 Å². The molecule has 0 aliphatic carbocycles. The van der Waals surface area contributed by atoms with Crippen molar-refractivity contribution in [3.63, 3.8) is 0 Å². The molecule has 20 heavy (non-hydrogen) atoms. The maximum atomic E-state index is 10.1. The standard InChI is InChI=1S/C12H27N.C5H8O2/c1-4-5-6-7-8-9-10-11-12-13(2)3;1-3-5(6)7-4-2/h4-12H2,1-3H3;3H,1,4H2,2H3. The minimum Gasteiger partial charge on any atom is -0.463 e. The topological polar surface area (TPSA) is 29.5 Å². The van der Waals surface area contributed by atoms with Crippen molar-refractivity contribution in [2.75, 3.05) is 27.2 Å². The van der Waals surface area contributed by atoms with E-state index in [4.69, 9.17) is 0 Å². The molecule has 0 aliphatic rings. The van der Waals surface area contributed by atoms with Crippen molar-refractivity contribution in [2.24, 2.45) is 0 Å². The number of carbonyl (C=O) groups is 1. The molecule has 0 rings (SSSR count). The summed E-state index contributed by atoms with van der Waals surface area (Å²) in [4.78, 5) is 12.3. The smallest absolute Gasteiger partial charge is 0.330 e. The van der Waals surface area contributed by atoms with Gasteiger partial charge < -0.3 is 9.64 Å². The van der Waals surface area contributed by atoms with Gasteiger partial charge in [-0.1, -0.05) is 58.4 Å². The summed E-state index contributed by atoms with van der Waals surface area (Å²) in [5.41, 5.74) is 0. The molecule has 0 aromatic rings. The SMILES string of the molecule is C=CC(=O)OCC.CCCCCCCCCCN(C)C. The Morgan fingerprint density at radius 1 is 1.00 bits per heavy atom. The summed E-state index contributed by atoms with van der Waals surface area (Å²) in [5.74, 6) is -0.359. The van der Waals surface area contributed by atoms with Crippen LogP contribution >= 0.6 is 0 Å². The number of hydrogen-bond donors (Lipinski definition) is 0. The normalized spacial score (nSPS) is 9.85. The largest absolute Gasteiger partial charge is 0.463 e. The molecule has 0 aliphatic heterocycles. The van der Waals surface area contributed by atoms with E-state index in [1.807, 2.05) is 0 Å². The van der Waals surface area contributed by atoms with Gasteiger partial charge in [0, 0.05) is 6.08 Å². The van der Waals surface area contributed by atoms with Crippen molar-refractivity contribution in [2.45, 2.75) is 65.2 Å². The highest BCUT2D eigenvalue weighted by Crippen LogP contribution is 2.08. The molecule has 0 aromatic heterocycles. The van der Waals surface area contributed by atoms with Crippen LogP contribution in [0.4, 0.5) is 0 Å². The maximum Gasteiger partial charge on any atom is 0.330 e. The van der Waals surface area contributed by atoms with E-state index in [0.717, 1.165) is 6.08 Å². The van der Waals surface area contributed by atoms with Gasteiger partial charge in [0.25, 0.3) is 0 Å². The van der Waals surface area contributed by atoms with Crippen molar-refractivity contribution < 1.29 is 9.53 Å². The zero-order chi connectivity index (χ0) is 15.6. The number of unbranched alkanes of at least 4 members (excludes halogenated alkanes) is 7. The molecule has 0 bridgehead atoms. The van der Waals surface area contributed by atoms with E-state index in [1.54, 1.807) is 6.92 Å². The third-order valence-corrected chi connectivity index (χ3v) is 2.91. The second kappa shape index (κ2) is 18.2. The minimum absolute atomic E-state index is 0.359. The third kappa shape index (κ3) is 22.4. The first kappa shape index (κ1) is 21.5. The minimum atomic E-state index is -0.359. The molecule has 3 heteroatoms. The van der Waals surface area contributed by atoms with Crippen LogP contribution in [0.15, 0.2) is 12.7 Å². The predicted octanol–water partition coefficient (Wildman–Crippen LogP) is 4.42. The van der Waals surface area contributed by atoms with Gasteiger partial charge in [0.05, 0.1) is 6.61 Å². The van der Waals surface area contributed by atoms with Crippen LogP contribution in [0.2, 0.25) is 0 Å². The number of ether oxygens (including phenoxy) is 1. The van der Waals surface area contributed by atoms with E-state index >= 15 is 0 Å². The molecule has 0 amide bonds. The maximum absolute atomic E-state index is 10.1. The highest BCUT2D eigenvalue weighted by atomic mass is 16.5.